The van der Waals surface area contributed by atoms with Crippen molar-refractivity contribution >= 4 is 11.8 Å². The second-order valence-corrected chi connectivity index (χ2v) is 1.90. The Hall–Kier alpha value is -0.930. The number of hydrogen-bond donors (Lipinski definition) is 1. The van der Waals surface area contributed by atoms with Crippen molar-refractivity contribution in [1.29, 1.82) is 0 Å². The van der Waals surface area contributed by atoms with Gasteiger partial charge in [-0.1, -0.05) is 0 Å². The highest BCUT2D eigenvalue weighted by atomic mass is 19.1. The van der Waals surface area contributed by atoms with Gasteiger partial charge in [0, 0.05) is 6.42 Å². The van der Waals surface area contributed by atoms with Crippen molar-refractivity contribution in [3.05, 3.63) is 0 Å². The maximum Gasteiger partial charge on any atom is 0.310 e. The van der Waals surface area contributed by atoms with Gasteiger partial charge in [-0.15, -0.1) is 0 Å². The van der Waals surface area contributed by atoms with Gasteiger partial charge in [-0.3, -0.25) is 14.0 Å². The van der Waals surface area contributed by atoms with E-state index in [2.05, 4.69) is 0 Å². The highest BCUT2D eigenvalue weighted by molar-refractivity contribution is 5.94. The van der Waals surface area contributed by atoms with Crippen molar-refractivity contribution in [1.82, 2.24) is 0 Å². The summed E-state index contributed by atoms with van der Waals surface area (Å²) in [5.41, 5.74) is 0. The Labute approximate surface area is 57.8 Å². The van der Waals surface area contributed by atoms with Gasteiger partial charge in [0.05, 0.1) is 6.67 Å². The van der Waals surface area contributed by atoms with Crippen molar-refractivity contribution in [3.8, 4) is 0 Å². The summed E-state index contributed by atoms with van der Waals surface area (Å²) in [5, 5.41) is 8.07. The molecule has 0 atom stereocenters. The molecule has 0 unspecified atom stereocenters. The zero-order valence-corrected chi connectivity index (χ0v) is 5.47. The average molecular weight is 148 g/mol. The van der Waals surface area contributed by atoms with Gasteiger partial charge < -0.3 is 5.11 Å². The molecule has 0 fully saturated rings. The standard InChI is InChI=1S/C6H9FO3/c7-3-1-2-5(8)4-6(9)10/h1-4H2,(H,9,10). The van der Waals surface area contributed by atoms with Crippen LogP contribution >= 0.6 is 0 Å². The molecule has 0 saturated heterocycles. The van der Waals surface area contributed by atoms with E-state index in [0.29, 0.717) is 0 Å². The third-order valence-corrected chi connectivity index (χ3v) is 0.938. The third kappa shape index (κ3) is 5.21. The molecule has 0 saturated carbocycles. The number of ketones is 1. The zero-order valence-electron chi connectivity index (χ0n) is 5.47. The smallest absolute Gasteiger partial charge is 0.310 e. The molecular formula is C6H9FO3. The first-order valence-electron chi connectivity index (χ1n) is 2.96. The minimum atomic E-state index is -1.15. The van der Waals surface area contributed by atoms with Crippen molar-refractivity contribution in [2.75, 3.05) is 6.67 Å². The molecule has 10 heavy (non-hydrogen) atoms. The fourth-order valence-corrected chi connectivity index (χ4v) is 0.521. The Bertz CT molecular complexity index is 133. The summed E-state index contributed by atoms with van der Waals surface area (Å²) in [7, 11) is 0. The predicted molar refractivity (Wildman–Crippen MR) is 32.5 cm³/mol. The van der Waals surface area contributed by atoms with Crippen LogP contribution in [-0.2, 0) is 9.59 Å². The van der Waals surface area contributed by atoms with Crippen molar-refractivity contribution in [3.63, 3.8) is 0 Å². The van der Waals surface area contributed by atoms with Gasteiger partial charge in [-0.05, 0) is 6.42 Å². The van der Waals surface area contributed by atoms with Crippen molar-refractivity contribution in [2.45, 2.75) is 19.3 Å². The number of carbonyl (C=O) groups excluding carboxylic acids is 1. The van der Waals surface area contributed by atoms with Crippen LogP contribution in [0.15, 0.2) is 0 Å². The first-order valence-corrected chi connectivity index (χ1v) is 2.96. The summed E-state index contributed by atoms with van der Waals surface area (Å²) < 4.78 is 11.4. The van der Waals surface area contributed by atoms with Crippen LogP contribution in [0.2, 0.25) is 0 Å². The van der Waals surface area contributed by atoms with E-state index < -0.39 is 24.8 Å². The first-order chi connectivity index (χ1) is 4.66. The Morgan fingerprint density at radius 2 is 2.00 bits per heavy atom. The summed E-state index contributed by atoms with van der Waals surface area (Å²) >= 11 is 0. The van der Waals surface area contributed by atoms with Crippen LogP contribution in [0.5, 0.6) is 0 Å². The van der Waals surface area contributed by atoms with E-state index in [1.165, 1.54) is 0 Å². The molecule has 0 spiro atoms. The minimum absolute atomic E-state index is 0.0306. The van der Waals surface area contributed by atoms with Crippen LogP contribution < -0.4 is 0 Å². The molecular weight excluding hydrogens is 139 g/mol. The Kier molecular flexibility index (Phi) is 4.45. The number of hydrogen-bond acceptors (Lipinski definition) is 2. The van der Waals surface area contributed by atoms with E-state index in [1.54, 1.807) is 0 Å². The van der Waals surface area contributed by atoms with Gasteiger partial charge in [0.1, 0.15) is 12.2 Å². The molecule has 0 rings (SSSR count). The molecule has 0 aliphatic rings. The van der Waals surface area contributed by atoms with E-state index in [-0.39, 0.29) is 12.8 Å². The number of carbonyl (C=O) groups is 2. The number of halogens is 1. The van der Waals surface area contributed by atoms with Crippen LogP contribution in [0.1, 0.15) is 19.3 Å². The van der Waals surface area contributed by atoms with Gasteiger partial charge in [0.25, 0.3) is 0 Å². The number of carboxylic acid groups (broad SMARTS) is 1. The Morgan fingerprint density at radius 1 is 1.40 bits per heavy atom. The van der Waals surface area contributed by atoms with Crippen LogP contribution in [-0.4, -0.2) is 23.5 Å². The van der Waals surface area contributed by atoms with Crippen LogP contribution in [0.4, 0.5) is 4.39 Å². The lowest BCUT2D eigenvalue weighted by Gasteiger charge is -1.92. The van der Waals surface area contributed by atoms with Crippen LogP contribution in [0, 0.1) is 0 Å². The molecule has 4 heteroatoms. The van der Waals surface area contributed by atoms with Crippen molar-refractivity contribution in [2.24, 2.45) is 0 Å². The Balaban J connectivity index is 3.35. The SMILES string of the molecule is O=C(O)CC(=O)CCCF. The maximum absolute atomic E-state index is 11.4. The zero-order chi connectivity index (χ0) is 7.98. The Morgan fingerprint density at radius 3 is 2.40 bits per heavy atom. The van der Waals surface area contributed by atoms with Gasteiger partial charge in [-0.25, -0.2) is 0 Å². The number of Topliss-reactive ketones (excluding diaryl/α,β-unsaturated/α-hetero) is 1. The minimum Gasteiger partial charge on any atom is -0.481 e. The maximum atomic E-state index is 11.4. The summed E-state index contributed by atoms with van der Waals surface area (Å²) in [6, 6.07) is 0. The molecule has 1 N–H and O–H groups in total. The van der Waals surface area contributed by atoms with E-state index in [4.69, 9.17) is 5.11 Å². The molecule has 3 nitrogen and oxygen atoms in total. The van der Waals surface area contributed by atoms with E-state index in [9.17, 15) is 14.0 Å². The highest BCUT2D eigenvalue weighted by Gasteiger charge is 2.06. The molecule has 0 heterocycles. The normalized spacial score (nSPS) is 9.30. The molecule has 0 amide bonds. The lowest BCUT2D eigenvalue weighted by atomic mass is 10.2. The number of rotatable bonds is 5. The second-order valence-electron chi connectivity index (χ2n) is 1.90. The number of aliphatic carboxylic acids is 1. The van der Waals surface area contributed by atoms with Gasteiger partial charge in [0.15, 0.2) is 0 Å². The molecule has 0 radical (unpaired) electrons. The summed E-state index contributed by atoms with van der Waals surface area (Å²) in [6.07, 6.45) is -0.324. The first kappa shape index (κ1) is 9.07. The largest absolute Gasteiger partial charge is 0.481 e. The molecule has 0 aliphatic carbocycles. The lowest BCUT2D eigenvalue weighted by molar-refractivity contribution is -0.140. The summed E-state index contributed by atoms with van der Waals surface area (Å²) in [6.45, 7) is -0.564. The molecule has 0 aliphatic heterocycles. The summed E-state index contributed by atoms with van der Waals surface area (Å²) in [5.74, 6) is -1.56. The number of carboxylic acids is 1. The summed E-state index contributed by atoms with van der Waals surface area (Å²) in [4.78, 5) is 20.3. The van der Waals surface area contributed by atoms with Crippen LogP contribution in [0.25, 0.3) is 0 Å². The monoisotopic (exact) mass is 148 g/mol. The molecule has 0 bridgehead atoms. The lowest BCUT2D eigenvalue weighted by Crippen LogP contribution is -2.06. The molecule has 0 aromatic rings. The molecule has 0 aromatic heterocycles. The molecule has 58 valence electrons. The third-order valence-electron chi connectivity index (χ3n) is 0.938. The van der Waals surface area contributed by atoms with Crippen LogP contribution in [0.3, 0.4) is 0 Å². The van der Waals surface area contributed by atoms with Gasteiger partial charge >= 0.3 is 5.97 Å². The van der Waals surface area contributed by atoms with E-state index >= 15 is 0 Å². The van der Waals surface area contributed by atoms with E-state index in [0.717, 1.165) is 0 Å². The van der Waals surface area contributed by atoms with E-state index in [1.807, 2.05) is 0 Å². The highest BCUT2D eigenvalue weighted by Crippen LogP contribution is 1.95. The van der Waals surface area contributed by atoms with Crippen molar-refractivity contribution < 1.29 is 19.1 Å². The quantitative estimate of drug-likeness (QED) is 0.586. The second kappa shape index (κ2) is 4.90. The predicted octanol–water partition coefficient (Wildman–Crippen LogP) is 0.780. The number of alkyl halides is 1. The molecule has 0 aromatic carbocycles. The fourth-order valence-electron chi connectivity index (χ4n) is 0.521. The topological polar surface area (TPSA) is 54.4 Å². The average Bonchev–Trinajstić information content (AvgIpc) is 1.82. The fraction of sp³-hybridized carbons (Fsp3) is 0.667. The van der Waals surface area contributed by atoms with Gasteiger partial charge in [0.2, 0.25) is 0 Å². The van der Waals surface area contributed by atoms with Gasteiger partial charge in [-0.2, -0.15) is 0 Å².